The summed E-state index contributed by atoms with van der Waals surface area (Å²) in [5, 5.41) is 10.5. The van der Waals surface area contributed by atoms with E-state index >= 15 is 0 Å². The smallest absolute Gasteiger partial charge is 0.259 e. The summed E-state index contributed by atoms with van der Waals surface area (Å²) in [5.41, 5.74) is 8.39. The molecule has 7 nitrogen and oxygen atoms in total. The Hall–Kier alpha value is -3.89. The standard InChI is InChI=1S/C25H22ClN3O4/c1-14-10-20-22(25(30)29(14)13-15-6-4-7-16(26)11-15)21(18(12-27)24(28)33-20)17-8-5-9-19(31-2)23(17)32-3/h4-11,21H,13,28H2,1-3H3. The first-order valence-electron chi connectivity index (χ1n) is 10.2. The number of rotatable bonds is 5. The van der Waals surface area contributed by atoms with Crippen molar-refractivity contribution >= 4 is 11.6 Å². The average molecular weight is 464 g/mol. The molecule has 8 heteroatoms. The van der Waals surface area contributed by atoms with E-state index in [1.807, 2.05) is 25.1 Å². The Balaban J connectivity index is 1.97. The van der Waals surface area contributed by atoms with Gasteiger partial charge in [0.2, 0.25) is 5.88 Å². The van der Waals surface area contributed by atoms with Gasteiger partial charge in [0.25, 0.3) is 5.56 Å². The Morgan fingerprint density at radius 1 is 1.18 bits per heavy atom. The summed E-state index contributed by atoms with van der Waals surface area (Å²) < 4.78 is 18.4. The molecule has 168 valence electrons. The minimum Gasteiger partial charge on any atom is -0.493 e. The van der Waals surface area contributed by atoms with Gasteiger partial charge in [-0.3, -0.25) is 4.79 Å². The molecule has 4 rings (SSSR count). The van der Waals surface area contributed by atoms with Crippen LogP contribution in [-0.4, -0.2) is 18.8 Å². The third kappa shape index (κ3) is 3.90. The van der Waals surface area contributed by atoms with Crippen LogP contribution in [0.15, 0.2) is 64.8 Å². The summed E-state index contributed by atoms with van der Waals surface area (Å²) in [7, 11) is 3.03. The molecule has 0 radical (unpaired) electrons. The van der Waals surface area contributed by atoms with Crippen LogP contribution in [0.25, 0.3) is 0 Å². The van der Waals surface area contributed by atoms with E-state index in [0.29, 0.717) is 45.6 Å². The van der Waals surface area contributed by atoms with Crippen LogP contribution < -0.4 is 25.5 Å². The summed E-state index contributed by atoms with van der Waals surface area (Å²) in [6.45, 7) is 2.12. The number of hydrogen-bond donors (Lipinski definition) is 1. The number of aromatic nitrogens is 1. The van der Waals surface area contributed by atoms with Gasteiger partial charge in [0, 0.05) is 22.3 Å². The minimum absolute atomic E-state index is 0.0498. The highest BCUT2D eigenvalue weighted by Gasteiger charge is 2.36. The number of ether oxygens (including phenoxy) is 3. The van der Waals surface area contributed by atoms with Gasteiger partial charge in [-0.15, -0.1) is 0 Å². The summed E-state index contributed by atoms with van der Waals surface area (Å²) in [4.78, 5) is 13.8. The predicted octanol–water partition coefficient (Wildman–Crippen LogP) is 4.09. The molecule has 0 bridgehead atoms. The predicted molar refractivity (Wildman–Crippen MR) is 125 cm³/mol. The number of fused-ring (bicyclic) bond motifs is 1. The van der Waals surface area contributed by atoms with Gasteiger partial charge in [0.05, 0.1) is 32.2 Å². The molecule has 0 saturated carbocycles. The first-order valence-corrected chi connectivity index (χ1v) is 10.5. The molecule has 3 aromatic rings. The molecule has 2 aromatic carbocycles. The number of aryl methyl sites for hydroxylation is 1. The van der Waals surface area contributed by atoms with E-state index < -0.39 is 5.92 Å². The average Bonchev–Trinajstić information content (AvgIpc) is 2.80. The summed E-state index contributed by atoms with van der Waals surface area (Å²) in [5.74, 6) is 0.366. The lowest BCUT2D eigenvalue weighted by molar-refractivity contribution is 0.348. The van der Waals surface area contributed by atoms with E-state index in [-0.39, 0.29) is 17.0 Å². The number of nitrogens with two attached hydrogens (primary N) is 1. The van der Waals surface area contributed by atoms with Crippen molar-refractivity contribution in [1.29, 1.82) is 5.26 Å². The molecule has 1 atom stereocenters. The van der Waals surface area contributed by atoms with Crippen LogP contribution in [0.3, 0.4) is 0 Å². The van der Waals surface area contributed by atoms with E-state index in [1.165, 1.54) is 14.2 Å². The molecule has 0 aliphatic carbocycles. The number of methoxy groups -OCH3 is 2. The second-order valence-electron chi connectivity index (χ2n) is 7.59. The maximum atomic E-state index is 13.8. The fraction of sp³-hybridized carbons (Fsp3) is 0.200. The third-order valence-electron chi connectivity index (χ3n) is 5.66. The molecular formula is C25H22ClN3O4. The van der Waals surface area contributed by atoms with Crippen molar-refractivity contribution in [2.45, 2.75) is 19.4 Å². The largest absolute Gasteiger partial charge is 0.493 e. The van der Waals surface area contributed by atoms with Crippen LogP contribution >= 0.6 is 11.6 Å². The van der Waals surface area contributed by atoms with Crippen molar-refractivity contribution in [2.24, 2.45) is 5.73 Å². The lowest BCUT2D eigenvalue weighted by Gasteiger charge is -2.28. The van der Waals surface area contributed by atoms with E-state index in [2.05, 4.69) is 6.07 Å². The number of para-hydroxylation sites is 1. The molecule has 0 spiro atoms. The van der Waals surface area contributed by atoms with Crippen molar-refractivity contribution in [2.75, 3.05) is 14.2 Å². The van der Waals surface area contributed by atoms with Gasteiger partial charge in [0.15, 0.2) is 11.5 Å². The lowest BCUT2D eigenvalue weighted by Crippen LogP contribution is -2.33. The molecule has 2 N–H and O–H groups in total. The zero-order valence-corrected chi connectivity index (χ0v) is 19.1. The van der Waals surface area contributed by atoms with Crippen molar-refractivity contribution in [1.82, 2.24) is 4.57 Å². The fourth-order valence-electron chi connectivity index (χ4n) is 4.15. The monoisotopic (exact) mass is 463 g/mol. The molecule has 1 aliphatic rings. The number of halogens is 1. The summed E-state index contributed by atoms with van der Waals surface area (Å²) >= 11 is 6.14. The number of benzene rings is 2. The third-order valence-corrected chi connectivity index (χ3v) is 5.90. The first kappa shape index (κ1) is 22.3. The summed E-state index contributed by atoms with van der Waals surface area (Å²) in [6, 6.07) is 16.5. The van der Waals surface area contributed by atoms with Crippen LogP contribution in [0.2, 0.25) is 5.02 Å². The quantitative estimate of drug-likeness (QED) is 0.611. The number of nitrogens with zero attached hydrogens (tertiary/aromatic N) is 2. The van der Waals surface area contributed by atoms with Gasteiger partial charge in [-0.25, -0.2) is 0 Å². The van der Waals surface area contributed by atoms with E-state index in [4.69, 9.17) is 31.5 Å². The Labute approximate surface area is 196 Å². The van der Waals surface area contributed by atoms with Crippen LogP contribution in [0.1, 0.15) is 28.3 Å². The Bertz CT molecular complexity index is 1370. The van der Waals surface area contributed by atoms with E-state index in [0.717, 1.165) is 5.56 Å². The second-order valence-corrected chi connectivity index (χ2v) is 8.03. The minimum atomic E-state index is -0.789. The summed E-state index contributed by atoms with van der Waals surface area (Å²) in [6.07, 6.45) is 0. The molecule has 1 aromatic heterocycles. The zero-order chi connectivity index (χ0) is 23.7. The van der Waals surface area contributed by atoms with Gasteiger partial charge in [-0.1, -0.05) is 35.9 Å². The number of hydrogen-bond acceptors (Lipinski definition) is 6. The molecule has 2 heterocycles. The van der Waals surface area contributed by atoms with E-state index in [1.54, 1.807) is 34.9 Å². The zero-order valence-electron chi connectivity index (χ0n) is 18.4. The van der Waals surface area contributed by atoms with Gasteiger partial charge >= 0.3 is 0 Å². The molecule has 0 fully saturated rings. The number of pyridine rings is 1. The highest BCUT2D eigenvalue weighted by atomic mass is 35.5. The highest BCUT2D eigenvalue weighted by Crippen LogP contribution is 2.46. The topological polar surface area (TPSA) is 99.5 Å². The highest BCUT2D eigenvalue weighted by molar-refractivity contribution is 6.30. The van der Waals surface area contributed by atoms with Crippen molar-refractivity contribution < 1.29 is 14.2 Å². The maximum absolute atomic E-state index is 13.8. The Morgan fingerprint density at radius 3 is 2.61 bits per heavy atom. The molecule has 1 aliphatic heterocycles. The van der Waals surface area contributed by atoms with E-state index in [9.17, 15) is 10.1 Å². The lowest BCUT2D eigenvalue weighted by atomic mass is 9.83. The van der Waals surface area contributed by atoms with Crippen LogP contribution in [0, 0.1) is 18.3 Å². The van der Waals surface area contributed by atoms with Crippen molar-refractivity contribution in [3.05, 3.63) is 97.7 Å². The van der Waals surface area contributed by atoms with Crippen LogP contribution in [0.5, 0.6) is 17.2 Å². The number of nitriles is 1. The SMILES string of the molecule is COc1cccc(C2C(C#N)=C(N)Oc3cc(C)n(Cc4cccc(Cl)c4)c(=O)c32)c1OC. The first-order chi connectivity index (χ1) is 15.9. The molecule has 0 saturated heterocycles. The normalized spacial score (nSPS) is 14.8. The van der Waals surface area contributed by atoms with Crippen molar-refractivity contribution in [3.8, 4) is 23.3 Å². The van der Waals surface area contributed by atoms with Gasteiger partial charge < -0.3 is 24.5 Å². The molecule has 33 heavy (non-hydrogen) atoms. The van der Waals surface area contributed by atoms with Gasteiger partial charge in [-0.05, 0) is 30.7 Å². The van der Waals surface area contributed by atoms with Crippen LogP contribution in [0.4, 0.5) is 0 Å². The maximum Gasteiger partial charge on any atom is 0.259 e. The number of allylic oxidation sites excluding steroid dienone is 1. The Kier molecular flexibility index (Phi) is 6.03. The van der Waals surface area contributed by atoms with Gasteiger partial charge in [0.1, 0.15) is 17.4 Å². The fourth-order valence-corrected chi connectivity index (χ4v) is 4.36. The second kappa shape index (κ2) is 8.93. The van der Waals surface area contributed by atoms with Crippen molar-refractivity contribution in [3.63, 3.8) is 0 Å². The molecule has 1 unspecified atom stereocenters. The molecule has 0 amide bonds. The Morgan fingerprint density at radius 2 is 1.94 bits per heavy atom. The molecular weight excluding hydrogens is 442 g/mol. The van der Waals surface area contributed by atoms with Crippen LogP contribution in [-0.2, 0) is 6.54 Å². The van der Waals surface area contributed by atoms with Gasteiger partial charge in [-0.2, -0.15) is 5.26 Å².